The van der Waals surface area contributed by atoms with E-state index in [9.17, 15) is 0 Å². The summed E-state index contributed by atoms with van der Waals surface area (Å²) in [5.74, 6) is 0.574. The molecule has 1 aromatic carbocycles. The average Bonchev–Trinajstić information content (AvgIpc) is 2.28. The zero-order valence-electron chi connectivity index (χ0n) is 9.11. The van der Waals surface area contributed by atoms with E-state index in [1.54, 1.807) is 12.1 Å². The fraction of sp³-hybridized carbons (Fsp3) is 0.0833. The van der Waals surface area contributed by atoms with Crippen molar-refractivity contribution in [2.45, 2.75) is 6.92 Å². The molecule has 0 aliphatic rings. The first-order valence-corrected chi connectivity index (χ1v) is 5.34. The normalized spacial score (nSPS) is 9.71. The van der Waals surface area contributed by atoms with E-state index in [-0.39, 0.29) is 5.28 Å². The van der Waals surface area contributed by atoms with Crippen LogP contribution in [0, 0.1) is 18.3 Å². The van der Waals surface area contributed by atoms with E-state index in [0.29, 0.717) is 17.1 Å². The number of hydrogen-bond acceptors (Lipinski definition) is 4. The third kappa shape index (κ3) is 2.71. The van der Waals surface area contributed by atoms with Crippen LogP contribution in [-0.2, 0) is 0 Å². The van der Waals surface area contributed by atoms with Crippen LogP contribution >= 0.6 is 11.6 Å². The van der Waals surface area contributed by atoms with E-state index < -0.39 is 0 Å². The van der Waals surface area contributed by atoms with Gasteiger partial charge in [-0.2, -0.15) is 5.26 Å². The van der Waals surface area contributed by atoms with Crippen molar-refractivity contribution < 1.29 is 0 Å². The minimum Gasteiger partial charge on any atom is -0.339 e. The number of para-hydroxylation sites is 1. The van der Waals surface area contributed by atoms with Gasteiger partial charge in [0.15, 0.2) is 0 Å². The molecule has 0 saturated heterocycles. The number of aromatic nitrogens is 2. The van der Waals surface area contributed by atoms with Crippen molar-refractivity contribution in [1.82, 2.24) is 9.97 Å². The van der Waals surface area contributed by atoms with Crippen molar-refractivity contribution in [3.05, 3.63) is 46.9 Å². The van der Waals surface area contributed by atoms with Crippen molar-refractivity contribution in [2.75, 3.05) is 5.32 Å². The Hall–Kier alpha value is -2.12. The fourth-order valence-electron chi connectivity index (χ4n) is 1.42. The molecule has 84 valence electrons. The van der Waals surface area contributed by atoms with E-state index in [1.807, 2.05) is 25.1 Å². The van der Waals surface area contributed by atoms with Gasteiger partial charge in [-0.05, 0) is 30.7 Å². The van der Waals surface area contributed by atoms with Gasteiger partial charge >= 0.3 is 0 Å². The Morgan fingerprint density at radius 1 is 1.29 bits per heavy atom. The number of rotatable bonds is 2. The molecule has 0 atom stereocenters. The Morgan fingerprint density at radius 3 is 2.76 bits per heavy atom. The van der Waals surface area contributed by atoms with Crippen molar-refractivity contribution in [1.29, 1.82) is 5.26 Å². The molecule has 0 aliphatic heterocycles. The lowest BCUT2D eigenvalue weighted by Crippen LogP contribution is -1.98. The van der Waals surface area contributed by atoms with Gasteiger partial charge in [-0.15, -0.1) is 0 Å². The zero-order valence-corrected chi connectivity index (χ0v) is 9.86. The van der Waals surface area contributed by atoms with Crippen molar-refractivity contribution in [3.63, 3.8) is 0 Å². The van der Waals surface area contributed by atoms with Gasteiger partial charge in [0.25, 0.3) is 0 Å². The maximum atomic E-state index is 8.96. The van der Waals surface area contributed by atoms with Crippen LogP contribution in [0.5, 0.6) is 0 Å². The molecule has 2 aromatic rings. The largest absolute Gasteiger partial charge is 0.339 e. The maximum Gasteiger partial charge on any atom is 0.224 e. The second-order valence-electron chi connectivity index (χ2n) is 3.45. The minimum absolute atomic E-state index is 0.182. The monoisotopic (exact) mass is 244 g/mol. The highest BCUT2D eigenvalue weighted by atomic mass is 35.5. The molecule has 1 aromatic heterocycles. The first kappa shape index (κ1) is 11.4. The van der Waals surface area contributed by atoms with Crippen LogP contribution < -0.4 is 5.32 Å². The van der Waals surface area contributed by atoms with Gasteiger partial charge in [-0.1, -0.05) is 12.1 Å². The molecule has 17 heavy (non-hydrogen) atoms. The standard InChI is InChI=1S/C12H9ClN4/c1-8-6-11(17-12(13)15-8)16-10-5-3-2-4-9(10)7-14/h2-6H,1H3,(H,15,16,17). The number of hydrogen-bond donors (Lipinski definition) is 1. The second kappa shape index (κ2) is 4.81. The summed E-state index contributed by atoms with van der Waals surface area (Å²) in [7, 11) is 0. The molecule has 0 saturated carbocycles. The smallest absolute Gasteiger partial charge is 0.224 e. The Balaban J connectivity index is 2.35. The van der Waals surface area contributed by atoms with Gasteiger partial charge in [0, 0.05) is 11.8 Å². The van der Waals surface area contributed by atoms with E-state index in [1.165, 1.54) is 0 Å². The summed E-state index contributed by atoms with van der Waals surface area (Å²) in [5, 5.41) is 12.2. The second-order valence-corrected chi connectivity index (χ2v) is 3.78. The highest BCUT2D eigenvalue weighted by Crippen LogP contribution is 2.19. The summed E-state index contributed by atoms with van der Waals surface area (Å²) in [5.41, 5.74) is 2.02. The van der Waals surface area contributed by atoms with Crippen molar-refractivity contribution in [3.8, 4) is 6.07 Å². The summed E-state index contributed by atoms with van der Waals surface area (Å²) < 4.78 is 0. The summed E-state index contributed by atoms with van der Waals surface area (Å²) in [6.07, 6.45) is 0. The van der Waals surface area contributed by atoms with Gasteiger partial charge in [-0.25, -0.2) is 9.97 Å². The molecule has 4 nitrogen and oxygen atoms in total. The Bertz CT molecular complexity index is 569. The molecular weight excluding hydrogens is 236 g/mol. The SMILES string of the molecule is Cc1cc(Nc2ccccc2C#N)nc(Cl)n1. The van der Waals surface area contributed by atoms with Crippen molar-refractivity contribution in [2.24, 2.45) is 0 Å². The number of nitrogens with zero attached hydrogens (tertiary/aromatic N) is 3. The molecule has 0 amide bonds. The van der Waals surface area contributed by atoms with Crippen LogP contribution in [0.1, 0.15) is 11.3 Å². The molecule has 0 unspecified atom stereocenters. The molecule has 1 heterocycles. The van der Waals surface area contributed by atoms with Gasteiger partial charge in [-0.3, -0.25) is 0 Å². The molecule has 0 fully saturated rings. The molecule has 1 N–H and O–H groups in total. The molecule has 0 aliphatic carbocycles. The van der Waals surface area contributed by atoms with Crippen LogP contribution in [0.25, 0.3) is 0 Å². The Kier molecular flexibility index (Phi) is 3.22. The molecular formula is C12H9ClN4. The van der Waals surface area contributed by atoms with Crippen LogP contribution in [0.3, 0.4) is 0 Å². The van der Waals surface area contributed by atoms with Crippen molar-refractivity contribution >= 4 is 23.1 Å². The highest BCUT2D eigenvalue weighted by Gasteiger charge is 2.04. The maximum absolute atomic E-state index is 8.96. The molecule has 0 bridgehead atoms. The predicted molar refractivity (Wildman–Crippen MR) is 66.2 cm³/mol. The molecule has 5 heteroatoms. The number of aryl methyl sites for hydroxylation is 1. The lowest BCUT2D eigenvalue weighted by molar-refractivity contribution is 1.10. The lowest BCUT2D eigenvalue weighted by atomic mass is 10.2. The first-order valence-electron chi connectivity index (χ1n) is 4.96. The van der Waals surface area contributed by atoms with Crippen LogP contribution in [0.4, 0.5) is 11.5 Å². The van der Waals surface area contributed by atoms with Crippen LogP contribution in [0.2, 0.25) is 5.28 Å². The fourth-order valence-corrected chi connectivity index (χ4v) is 1.65. The zero-order chi connectivity index (χ0) is 12.3. The Labute approximate surface area is 104 Å². The van der Waals surface area contributed by atoms with E-state index in [4.69, 9.17) is 16.9 Å². The molecule has 2 rings (SSSR count). The number of halogens is 1. The third-order valence-corrected chi connectivity index (χ3v) is 2.31. The number of benzene rings is 1. The highest BCUT2D eigenvalue weighted by molar-refractivity contribution is 6.28. The number of anilines is 2. The van der Waals surface area contributed by atoms with Crippen LogP contribution in [0.15, 0.2) is 30.3 Å². The average molecular weight is 245 g/mol. The third-order valence-electron chi connectivity index (χ3n) is 2.14. The summed E-state index contributed by atoms with van der Waals surface area (Å²) in [6.45, 7) is 1.83. The number of nitrogens with one attached hydrogen (secondary N) is 1. The van der Waals surface area contributed by atoms with Gasteiger partial charge in [0.05, 0.1) is 11.3 Å². The Morgan fingerprint density at radius 2 is 2.06 bits per heavy atom. The predicted octanol–water partition coefficient (Wildman–Crippen LogP) is 3.05. The van der Waals surface area contributed by atoms with Gasteiger partial charge in [0.2, 0.25) is 5.28 Å². The molecule has 0 radical (unpaired) electrons. The van der Waals surface area contributed by atoms with Gasteiger partial charge in [0.1, 0.15) is 11.9 Å². The molecule has 0 spiro atoms. The van der Waals surface area contributed by atoms with E-state index in [0.717, 1.165) is 5.69 Å². The lowest BCUT2D eigenvalue weighted by Gasteiger charge is -2.07. The van der Waals surface area contributed by atoms with E-state index in [2.05, 4.69) is 21.4 Å². The topological polar surface area (TPSA) is 61.6 Å². The number of nitriles is 1. The quantitative estimate of drug-likeness (QED) is 0.825. The van der Waals surface area contributed by atoms with Gasteiger partial charge < -0.3 is 5.32 Å². The summed E-state index contributed by atoms with van der Waals surface area (Å²) in [4.78, 5) is 8.01. The summed E-state index contributed by atoms with van der Waals surface area (Å²) >= 11 is 5.76. The van der Waals surface area contributed by atoms with Crippen LogP contribution in [-0.4, -0.2) is 9.97 Å². The van der Waals surface area contributed by atoms with E-state index >= 15 is 0 Å². The minimum atomic E-state index is 0.182. The first-order chi connectivity index (χ1) is 8.19. The summed E-state index contributed by atoms with van der Waals surface area (Å²) in [6, 6.07) is 11.1.